The van der Waals surface area contributed by atoms with Crippen molar-refractivity contribution in [2.24, 2.45) is 5.92 Å². The number of fused-ring (bicyclic) bond motifs is 2. The summed E-state index contributed by atoms with van der Waals surface area (Å²) < 4.78 is 38.5. The van der Waals surface area contributed by atoms with Crippen LogP contribution in [0.15, 0.2) is 41.3 Å². The van der Waals surface area contributed by atoms with Crippen molar-refractivity contribution in [2.45, 2.75) is 17.7 Å². The minimum Gasteiger partial charge on any atom is -0.348 e. The molecule has 4 aromatic rings. The van der Waals surface area contributed by atoms with Crippen LogP contribution in [0, 0.1) is 11.7 Å². The second-order valence-corrected chi connectivity index (χ2v) is 11.8. The van der Waals surface area contributed by atoms with Gasteiger partial charge in [-0.3, -0.25) is 4.79 Å². The molecule has 1 aliphatic rings. The molecule has 0 atom stereocenters. The smallest absolute Gasteiger partial charge is 0.229 e. The highest BCUT2D eigenvalue weighted by Crippen LogP contribution is 2.33. The summed E-state index contributed by atoms with van der Waals surface area (Å²) in [6, 6.07) is 9.34. The van der Waals surface area contributed by atoms with Gasteiger partial charge >= 0.3 is 0 Å². The van der Waals surface area contributed by atoms with Crippen molar-refractivity contribution in [1.82, 2.24) is 9.97 Å². The van der Waals surface area contributed by atoms with E-state index in [1.807, 2.05) is 0 Å². The molecule has 2 aromatic heterocycles. The van der Waals surface area contributed by atoms with E-state index in [9.17, 15) is 17.6 Å². The molecule has 1 N–H and O–H groups in total. The molecule has 1 amide bonds. The van der Waals surface area contributed by atoms with Crippen molar-refractivity contribution in [3.63, 3.8) is 0 Å². The van der Waals surface area contributed by atoms with Gasteiger partial charge < -0.3 is 10.2 Å². The Labute approximate surface area is 191 Å². The molecule has 0 saturated carbocycles. The van der Waals surface area contributed by atoms with Crippen LogP contribution in [-0.2, 0) is 14.6 Å². The third-order valence-corrected chi connectivity index (χ3v) is 8.62. The molecular weight excluding hydrogens is 471 g/mol. The van der Waals surface area contributed by atoms with E-state index < -0.39 is 9.84 Å². The van der Waals surface area contributed by atoms with Crippen LogP contribution in [0.4, 0.5) is 14.7 Å². The maximum absolute atomic E-state index is 13.4. The van der Waals surface area contributed by atoms with Gasteiger partial charge in [0.05, 0.1) is 25.3 Å². The zero-order valence-corrected chi connectivity index (χ0v) is 19.5. The third kappa shape index (κ3) is 4.19. The molecule has 7 nitrogen and oxygen atoms in total. The SMILES string of the molecule is CS(=O)(=O)c1ccc2nc(NC(=O)C3CCN(c4nc5ccc(F)cc5s4)CC3)sc2c1. The summed E-state index contributed by atoms with van der Waals surface area (Å²) in [5.74, 6) is -0.499. The van der Waals surface area contributed by atoms with Gasteiger partial charge in [-0.1, -0.05) is 22.7 Å². The van der Waals surface area contributed by atoms with Crippen LogP contribution < -0.4 is 10.2 Å². The molecule has 1 saturated heterocycles. The molecule has 2 aromatic carbocycles. The number of benzene rings is 2. The van der Waals surface area contributed by atoms with E-state index in [-0.39, 0.29) is 22.5 Å². The molecular formula is C21H19FN4O3S3. The number of nitrogens with zero attached hydrogens (tertiary/aromatic N) is 3. The van der Waals surface area contributed by atoms with Crippen molar-refractivity contribution in [3.8, 4) is 0 Å². The third-order valence-electron chi connectivity index (χ3n) is 5.49. The van der Waals surface area contributed by atoms with Gasteiger partial charge in [-0.2, -0.15) is 0 Å². The lowest BCUT2D eigenvalue weighted by atomic mass is 9.96. The standard InChI is InChI=1S/C21H19FN4O3S3/c1-32(28,29)14-3-5-15-18(11-14)30-20(23-15)25-19(27)12-6-8-26(9-7-12)21-24-16-4-2-13(22)10-17(16)31-21/h2-5,10-12H,6-9H2,1H3,(H,23,25,27). The molecule has 1 aliphatic heterocycles. The summed E-state index contributed by atoms with van der Waals surface area (Å²) in [4.78, 5) is 24.1. The Bertz CT molecular complexity index is 1440. The second-order valence-electron chi connectivity index (χ2n) is 7.78. The zero-order valence-electron chi connectivity index (χ0n) is 17.0. The van der Waals surface area contributed by atoms with Gasteiger partial charge in [-0.25, -0.2) is 22.8 Å². The zero-order chi connectivity index (χ0) is 22.5. The molecule has 166 valence electrons. The number of amides is 1. The van der Waals surface area contributed by atoms with E-state index in [2.05, 4.69) is 20.2 Å². The van der Waals surface area contributed by atoms with Crippen molar-refractivity contribution >= 4 is 69.1 Å². The van der Waals surface area contributed by atoms with Crippen molar-refractivity contribution in [2.75, 3.05) is 29.6 Å². The Kier molecular flexibility index (Phi) is 5.34. The van der Waals surface area contributed by atoms with Gasteiger partial charge in [0.1, 0.15) is 5.82 Å². The van der Waals surface area contributed by atoms with Crippen LogP contribution in [0.3, 0.4) is 0 Å². The number of hydrogen-bond acceptors (Lipinski definition) is 8. The van der Waals surface area contributed by atoms with E-state index >= 15 is 0 Å². The average Bonchev–Trinajstić information content (AvgIpc) is 3.35. The number of hydrogen-bond donors (Lipinski definition) is 1. The summed E-state index contributed by atoms with van der Waals surface area (Å²) in [6.07, 6.45) is 2.52. The number of piperidine rings is 1. The van der Waals surface area contributed by atoms with E-state index in [0.717, 1.165) is 21.6 Å². The largest absolute Gasteiger partial charge is 0.348 e. The molecule has 32 heavy (non-hydrogen) atoms. The molecule has 0 radical (unpaired) electrons. The van der Waals surface area contributed by atoms with E-state index in [4.69, 9.17) is 0 Å². The molecule has 11 heteroatoms. The first-order chi connectivity index (χ1) is 15.3. The number of sulfone groups is 1. The normalized spacial score (nSPS) is 15.5. The van der Waals surface area contributed by atoms with E-state index in [1.165, 1.54) is 40.9 Å². The average molecular weight is 491 g/mol. The van der Waals surface area contributed by atoms with Crippen LogP contribution in [0.5, 0.6) is 0 Å². The molecule has 5 rings (SSSR count). The molecule has 1 fully saturated rings. The highest BCUT2D eigenvalue weighted by Gasteiger charge is 2.27. The maximum atomic E-state index is 13.4. The molecule has 0 bridgehead atoms. The van der Waals surface area contributed by atoms with Crippen LogP contribution in [-0.4, -0.2) is 43.6 Å². The quantitative estimate of drug-likeness (QED) is 0.459. The number of aromatic nitrogens is 2. The lowest BCUT2D eigenvalue weighted by molar-refractivity contribution is -0.120. The van der Waals surface area contributed by atoms with E-state index in [1.54, 1.807) is 18.2 Å². The lowest BCUT2D eigenvalue weighted by Crippen LogP contribution is -2.38. The van der Waals surface area contributed by atoms with Gasteiger partial charge in [0, 0.05) is 25.3 Å². The van der Waals surface area contributed by atoms with Crippen LogP contribution in [0.2, 0.25) is 0 Å². The second kappa shape index (κ2) is 8.05. The Balaban J connectivity index is 1.24. The number of carbonyl (C=O) groups is 1. The summed E-state index contributed by atoms with van der Waals surface area (Å²) in [7, 11) is -3.30. The maximum Gasteiger partial charge on any atom is 0.229 e. The van der Waals surface area contributed by atoms with Crippen molar-refractivity contribution < 1.29 is 17.6 Å². The first-order valence-corrected chi connectivity index (χ1v) is 13.5. The minimum absolute atomic E-state index is 0.0848. The molecule has 0 unspecified atom stereocenters. The lowest BCUT2D eigenvalue weighted by Gasteiger charge is -2.30. The monoisotopic (exact) mass is 490 g/mol. The predicted molar refractivity (Wildman–Crippen MR) is 126 cm³/mol. The Morgan fingerprint density at radius 2 is 1.75 bits per heavy atom. The van der Waals surface area contributed by atoms with Crippen LogP contribution in [0.1, 0.15) is 12.8 Å². The number of carbonyl (C=O) groups excluding carboxylic acids is 1. The number of anilines is 2. The first-order valence-electron chi connectivity index (χ1n) is 9.99. The van der Waals surface area contributed by atoms with Gasteiger partial charge in [-0.05, 0) is 49.2 Å². The highest BCUT2D eigenvalue weighted by atomic mass is 32.2. The number of nitrogens with one attached hydrogen (secondary N) is 1. The molecule has 0 spiro atoms. The summed E-state index contributed by atoms with van der Waals surface area (Å²) in [6.45, 7) is 1.38. The summed E-state index contributed by atoms with van der Waals surface area (Å²) >= 11 is 2.72. The van der Waals surface area contributed by atoms with Crippen molar-refractivity contribution in [3.05, 3.63) is 42.2 Å². The summed E-state index contributed by atoms with van der Waals surface area (Å²) in [5, 5.41) is 4.20. The first kappa shape index (κ1) is 21.2. The summed E-state index contributed by atoms with van der Waals surface area (Å²) in [5.41, 5.74) is 1.43. The van der Waals surface area contributed by atoms with Crippen LogP contribution in [0.25, 0.3) is 20.4 Å². The van der Waals surface area contributed by atoms with E-state index in [0.29, 0.717) is 41.3 Å². The van der Waals surface area contributed by atoms with Gasteiger partial charge in [0.15, 0.2) is 20.1 Å². The Hall–Kier alpha value is -2.63. The topological polar surface area (TPSA) is 92.3 Å². The Morgan fingerprint density at radius 1 is 1.06 bits per heavy atom. The molecule has 3 heterocycles. The number of rotatable bonds is 4. The fourth-order valence-corrected chi connectivity index (χ4v) is 6.42. The fraction of sp³-hybridized carbons (Fsp3) is 0.286. The van der Waals surface area contributed by atoms with Gasteiger partial charge in [0.2, 0.25) is 5.91 Å². The Morgan fingerprint density at radius 3 is 2.50 bits per heavy atom. The van der Waals surface area contributed by atoms with Crippen molar-refractivity contribution in [1.29, 1.82) is 0 Å². The number of halogens is 1. The highest BCUT2D eigenvalue weighted by molar-refractivity contribution is 7.90. The fourth-order valence-electron chi connectivity index (χ4n) is 3.75. The predicted octanol–water partition coefficient (Wildman–Crippen LogP) is 4.30. The van der Waals surface area contributed by atoms with Gasteiger partial charge in [-0.15, -0.1) is 0 Å². The molecule has 0 aliphatic carbocycles. The van der Waals surface area contributed by atoms with Crippen LogP contribution >= 0.6 is 22.7 Å². The number of thiazole rings is 2. The minimum atomic E-state index is -3.30. The van der Waals surface area contributed by atoms with Gasteiger partial charge in [0.25, 0.3) is 0 Å².